The maximum absolute atomic E-state index is 11.7. The van der Waals surface area contributed by atoms with E-state index in [4.69, 9.17) is 4.74 Å². The van der Waals surface area contributed by atoms with Crippen LogP contribution in [0, 0.1) is 5.92 Å². The van der Waals surface area contributed by atoms with Crippen LogP contribution in [0.5, 0.6) is 0 Å². The molecular formula is C12H18N2O3. The van der Waals surface area contributed by atoms with Crippen molar-refractivity contribution in [1.82, 2.24) is 5.01 Å². The third-order valence-electron chi connectivity index (χ3n) is 3.28. The highest BCUT2D eigenvalue weighted by atomic mass is 16.5. The van der Waals surface area contributed by atoms with Crippen LogP contribution >= 0.6 is 0 Å². The van der Waals surface area contributed by atoms with Crippen molar-refractivity contribution < 1.29 is 14.3 Å². The molecule has 0 aromatic carbocycles. The highest BCUT2D eigenvalue weighted by Gasteiger charge is 2.31. The second-order valence-corrected chi connectivity index (χ2v) is 4.51. The molecule has 0 saturated heterocycles. The Morgan fingerprint density at radius 3 is 2.82 bits per heavy atom. The first-order valence-corrected chi connectivity index (χ1v) is 6.24. The van der Waals surface area contributed by atoms with Crippen molar-refractivity contribution in [2.75, 3.05) is 13.2 Å². The van der Waals surface area contributed by atoms with Gasteiger partial charge in [-0.25, -0.2) is 5.01 Å². The Labute approximate surface area is 101 Å². The molecule has 17 heavy (non-hydrogen) atoms. The minimum Gasteiger partial charge on any atom is -0.465 e. The van der Waals surface area contributed by atoms with Crippen LogP contribution < -0.4 is 0 Å². The molecule has 0 radical (unpaired) electrons. The average Bonchev–Trinajstić information content (AvgIpc) is 2.89. The van der Waals surface area contributed by atoms with E-state index in [0.717, 1.165) is 18.6 Å². The molecule has 1 aliphatic heterocycles. The summed E-state index contributed by atoms with van der Waals surface area (Å²) in [6.07, 6.45) is 5.06. The van der Waals surface area contributed by atoms with E-state index < -0.39 is 5.97 Å². The Morgan fingerprint density at radius 2 is 2.18 bits per heavy atom. The van der Waals surface area contributed by atoms with Crippen molar-refractivity contribution in [3.63, 3.8) is 0 Å². The van der Waals surface area contributed by atoms with Gasteiger partial charge in [-0.05, 0) is 25.7 Å². The number of hydrogen-bond donors (Lipinski definition) is 0. The maximum atomic E-state index is 11.7. The average molecular weight is 238 g/mol. The molecular weight excluding hydrogens is 220 g/mol. The number of esters is 1. The molecule has 5 heteroatoms. The number of amides is 1. The van der Waals surface area contributed by atoms with Gasteiger partial charge in [0.1, 0.15) is 6.54 Å². The van der Waals surface area contributed by atoms with Crippen LogP contribution in [0.2, 0.25) is 0 Å². The van der Waals surface area contributed by atoms with Crippen LogP contribution in [-0.4, -0.2) is 35.7 Å². The van der Waals surface area contributed by atoms with Crippen molar-refractivity contribution in [2.45, 2.75) is 39.0 Å². The molecule has 0 atom stereocenters. The number of hydrogen-bond acceptors (Lipinski definition) is 4. The molecule has 1 fully saturated rings. The second kappa shape index (κ2) is 5.29. The minimum absolute atomic E-state index is 0.0527. The van der Waals surface area contributed by atoms with Crippen molar-refractivity contribution >= 4 is 17.6 Å². The third-order valence-corrected chi connectivity index (χ3v) is 3.28. The van der Waals surface area contributed by atoms with Gasteiger partial charge in [0.05, 0.1) is 18.7 Å². The zero-order valence-electron chi connectivity index (χ0n) is 10.1. The van der Waals surface area contributed by atoms with Crippen molar-refractivity contribution in [1.29, 1.82) is 0 Å². The predicted molar refractivity (Wildman–Crippen MR) is 62.4 cm³/mol. The lowest BCUT2D eigenvalue weighted by Crippen LogP contribution is -2.28. The van der Waals surface area contributed by atoms with E-state index >= 15 is 0 Å². The van der Waals surface area contributed by atoms with Gasteiger partial charge in [-0.15, -0.1) is 0 Å². The van der Waals surface area contributed by atoms with Gasteiger partial charge in [-0.1, -0.05) is 12.8 Å². The molecule has 94 valence electrons. The number of carbonyl (C=O) groups excluding carboxylic acids is 2. The third kappa shape index (κ3) is 2.84. The molecule has 0 N–H and O–H groups in total. The normalized spacial score (nSPS) is 20.9. The van der Waals surface area contributed by atoms with E-state index in [-0.39, 0.29) is 12.5 Å². The molecule has 0 bridgehead atoms. The van der Waals surface area contributed by atoms with E-state index in [1.165, 1.54) is 17.9 Å². The van der Waals surface area contributed by atoms with Crippen molar-refractivity contribution in [3.8, 4) is 0 Å². The summed E-state index contributed by atoms with van der Waals surface area (Å²) in [5, 5.41) is 5.53. The van der Waals surface area contributed by atoms with Crippen molar-refractivity contribution in [3.05, 3.63) is 0 Å². The van der Waals surface area contributed by atoms with Crippen LogP contribution in [0.15, 0.2) is 5.10 Å². The molecule has 2 aliphatic rings. The van der Waals surface area contributed by atoms with Gasteiger partial charge in [0.2, 0.25) is 5.91 Å². The summed E-state index contributed by atoms with van der Waals surface area (Å²) in [6, 6.07) is 0. The molecule has 1 amide bonds. The summed E-state index contributed by atoms with van der Waals surface area (Å²) in [5.41, 5.74) is 0.955. The highest BCUT2D eigenvalue weighted by molar-refractivity contribution is 6.06. The number of rotatable bonds is 4. The highest BCUT2D eigenvalue weighted by Crippen LogP contribution is 2.29. The number of carbonyl (C=O) groups is 2. The van der Waals surface area contributed by atoms with Crippen molar-refractivity contribution in [2.24, 2.45) is 11.0 Å². The predicted octanol–water partition coefficient (Wildman–Crippen LogP) is 1.33. The summed E-state index contributed by atoms with van der Waals surface area (Å²) >= 11 is 0. The first-order chi connectivity index (χ1) is 8.20. The Hall–Kier alpha value is -1.39. The van der Waals surface area contributed by atoms with E-state index in [9.17, 15) is 9.59 Å². The molecule has 0 aromatic heterocycles. The lowest BCUT2D eigenvalue weighted by molar-refractivity contribution is -0.148. The Balaban J connectivity index is 1.94. The fraction of sp³-hybridized carbons (Fsp3) is 0.750. The summed E-state index contributed by atoms with van der Waals surface area (Å²) in [5.74, 6) is -0.0247. The molecule has 1 saturated carbocycles. The molecule has 0 unspecified atom stereocenters. The summed E-state index contributed by atoms with van der Waals surface area (Å²) in [6.45, 7) is 2.03. The van der Waals surface area contributed by atoms with Crippen LogP contribution in [0.3, 0.4) is 0 Å². The minimum atomic E-state index is -0.391. The fourth-order valence-corrected chi connectivity index (χ4v) is 2.43. The number of hydrazone groups is 1. The fourth-order valence-electron chi connectivity index (χ4n) is 2.43. The van der Waals surface area contributed by atoms with Crippen LogP contribution in [0.25, 0.3) is 0 Å². The topological polar surface area (TPSA) is 59.0 Å². The first-order valence-electron chi connectivity index (χ1n) is 6.24. The second-order valence-electron chi connectivity index (χ2n) is 4.51. The molecule has 0 aromatic rings. The zero-order valence-corrected chi connectivity index (χ0v) is 10.1. The molecule has 1 heterocycles. The van der Waals surface area contributed by atoms with Crippen LogP contribution in [0.1, 0.15) is 39.0 Å². The Kier molecular flexibility index (Phi) is 3.76. The van der Waals surface area contributed by atoms with Gasteiger partial charge < -0.3 is 4.74 Å². The largest absolute Gasteiger partial charge is 0.465 e. The van der Waals surface area contributed by atoms with Gasteiger partial charge >= 0.3 is 5.97 Å². The molecule has 2 rings (SSSR count). The van der Waals surface area contributed by atoms with Gasteiger partial charge in [0, 0.05) is 0 Å². The van der Waals surface area contributed by atoms with Crippen LogP contribution in [0.4, 0.5) is 0 Å². The SMILES string of the molecule is CCOC(=O)CN1N=C(C2CCCC2)CC1=O. The molecule has 5 nitrogen and oxygen atoms in total. The lowest BCUT2D eigenvalue weighted by Gasteiger charge is -2.10. The smallest absolute Gasteiger partial charge is 0.327 e. The molecule has 1 aliphatic carbocycles. The van der Waals surface area contributed by atoms with Gasteiger partial charge in [0.15, 0.2) is 0 Å². The van der Waals surface area contributed by atoms with Gasteiger partial charge in [-0.3, -0.25) is 9.59 Å². The van der Waals surface area contributed by atoms with Gasteiger partial charge in [0.25, 0.3) is 0 Å². The molecule has 0 spiro atoms. The Bertz CT molecular complexity index is 346. The summed E-state index contributed by atoms with van der Waals surface area (Å²) < 4.78 is 4.81. The van der Waals surface area contributed by atoms with E-state index in [0.29, 0.717) is 18.9 Å². The van der Waals surface area contributed by atoms with E-state index in [2.05, 4.69) is 5.10 Å². The zero-order chi connectivity index (χ0) is 12.3. The standard InChI is InChI=1S/C12H18N2O3/c1-2-17-12(16)8-14-11(15)7-10(13-14)9-5-3-4-6-9/h9H,2-8H2,1H3. The number of nitrogens with zero attached hydrogens (tertiary/aromatic N) is 2. The summed E-state index contributed by atoms with van der Waals surface area (Å²) in [7, 11) is 0. The Morgan fingerprint density at radius 1 is 1.47 bits per heavy atom. The number of ether oxygens (including phenoxy) is 1. The maximum Gasteiger partial charge on any atom is 0.327 e. The quantitative estimate of drug-likeness (QED) is 0.694. The van der Waals surface area contributed by atoms with Gasteiger partial charge in [-0.2, -0.15) is 5.10 Å². The van der Waals surface area contributed by atoms with Crippen LogP contribution in [-0.2, 0) is 14.3 Å². The first kappa shape index (κ1) is 12.1. The van der Waals surface area contributed by atoms with E-state index in [1.54, 1.807) is 6.92 Å². The monoisotopic (exact) mass is 238 g/mol. The van der Waals surface area contributed by atoms with E-state index in [1.807, 2.05) is 0 Å². The summed E-state index contributed by atoms with van der Waals surface area (Å²) in [4.78, 5) is 23.0. The lowest BCUT2D eigenvalue weighted by atomic mass is 10.00.